The lowest BCUT2D eigenvalue weighted by molar-refractivity contribution is -0.143. The number of ether oxygens (including phenoxy) is 1. The fourth-order valence-corrected chi connectivity index (χ4v) is 1.23. The van der Waals surface area contributed by atoms with E-state index in [-0.39, 0.29) is 18.3 Å². The molecule has 0 saturated heterocycles. The Labute approximate surface area is 92.7 Å². The molecular formula is C9H16BrNO3. The number of esters is 1. The van der Waals surface area contributed by atoms with Crippen molar-refractivity contribution < 1.29 is 14.3 Å². The van der Waals surface area contributed by atoms with E-state index in [9.17, 15) is 9.59 Å². The van der Waals surface area contributed by atoms with Gasteiger partial charge in [0.05, 0.1) is 13.0 Å². The average Bonchev–Trinajstić information content (AvgIpc) is 2.15. The largest absolute Gasteiger partial charge is 0.466 e. The van der Waals surface area contributed by atoms with Gasteiger partial charge in [-0.2, -0.15) is 0 Å². The fourth-order valence-electron chi connectivity index (χ4n) is 0.889. The average molecular weight is 266 g/mol. The van der Waals surface area contributed by atoms with Crippen molar-refractivity contribution in [2.45, 2.75) is 19.8 Å². The number of hydrogen-bond donors (Lipinski definition) is 0. The molecule has 0 atom stereocenters. The molecule has 0 radical (unpaired) electrons. The van der Waals surface area contributed by atoms with Crippen LogP contribution in [0.25, 0.3) is 0 Å². The summed E-state index contributed by atoms with van der Waals surface area (Å²) in [7, 11) is 1.68. The Kier molecular flexibility index (Phi) is 7.47. The molecule has 0 unspecified atom stereocenters. The summed E-state index contributed by atoms with van der Waals surface area (Å²) in [6.45, 7) is 2.57. The number of rotatable bonds is 6. The highest BCUT2D eigenvalue weighted by Gasteiger charge is 2.09. The van der Waals surface area contributed by atoms with Gasteiger partial charge in [0.15, 0.2) is 0 Å². The molecule has 0 aliphatic carbocycles. The number of carbonyl (C=O) groups is 2. The third-order valence-corrected chi connectivity index (χ3v) is 2.09. The number of amides is 1. The van der Waals surface area contributed by atoms with Gasteiger partial charge in [-0.3, -0.25) is 9.59 Å². The maximum absolute atomic E-state index is 11.3. The highest BCUT2D eigenvalue weighted by atomic mass is 79.9. The van der Waals surface area contributed by atoms with Crippen molar-refractivity contribution >= 4 is 27.8 Å². The molecule has 0 heterocycles. The van der Waals surface area contributed by atoms with Crippen molar-refractivity contribution in [1.82, 2.24) is 4.90 Å². The molecule has 0 spiro atoms. The van der Waals surface area contributed by atoms with Gasteiger partial charge in [-0.05, 0) is 6.92 Å². The fraction of sp³-hybridized carbons (Fsp3) is 0.778. The van der Waals surface area contributed by atoms with Crippen molar-refractivity contribution in [3.05, 3.63) is 0 Å². The zero-order valence-corrected chi connectivity index (χ0v) is 10.2. The van der Waals surface area contributed by atoms with E-state index in [0.717, 1.165) is 0 Å². The van der Waals surface area contributed by atoms with Gasteiger partial charge in [0.2, 0.25) is 5.91 Å². The van der Waals surface area contributed by atoms with Crippen LogP contribution < -0.4 is 0 Å². The van der Waals surface area contributed by atoms with Crippen LogP contribution in [-0.4, -0.2) is 42.3 Å². The van der Waals surface area contributed by atoms with Crippen molar-refractivity contribution in [2.24, 2.45) is 0 Å². The van der Waals surface area contributed by atoms with Crippen molar-refractivity contribution in [3.8, 4) is 0 Å². The monoisotopic (exact) mass is 265 g/mol. The normalized spacial score (nSPS) is 9.64. The molecule has 0 aliphatic rings. The van der Waals surface area contributed by atoms with Crippen molar-refractivity contribution in [1.29, 1.82) is 0 Å². The van der Waals surface area contributed by atoms with Crippen LogP contribution in [0, 0.1) is 0 Å². The molecule has 1 amide bonds. The number of carbonyl (C=O) groups excluding carboxylic acids is 2. The lowest BCUT2D eigenvalue weighted by atomic mass is 10.3. The number of nitrogens with zero attached hydrogens (tertiary/aromatic N) is 1. The zero-order chi connectivity index (χ0) is 11.0. The van der Waals surface area contributed by atoms with Gasteiger partial charge in [0, 0.05) is 25.3 Å². The van der Waals surface area contributed by atoms with Crippen LogP contribution in [0.5, 0.6) is 0 Å². The highest BCUT2D eigenvalue weighted by Crippen LogP contribution is 1.97. The summed E-state index contributed by atoms with van der Waals surface area (Å²) < 4.78 is 4.75. The Bertz CT molecular complexity index is 196. The Morgan fingerprint density at radius 1 is 1.36 bits per heavy atom. The minimum atomic E-state index is -0.258. The Balaban J connectivity index is 3.67. The van der Waals surface area contributed by atoms with Crippen molar-refractivity contribution in [2.75, 3.05) is 25.5 Å². The van der Waals surface area contributed by atoms with Gasteiger partial charge in [-0.25, -0.2) is 0 Å². The first-order chi connectivity index (χ1) is 6.61. The number of alkyl halides is 1. The van der Waals surface area contributed by atoms with Gasteiger partial charge in [0.25, 0.3) is 0 Å². The Morgan fingerprint density at radius 2 is 2.00 bits per heavy atom. The zero-order valence-electron chi connectivity index (χ0n) is 8.59. The summed E-state index contributed by atoms with van der Waals surface area (Å²) in [6, 6.07) is 0. The van der Waals surface area contributed by atoms with E-state index >= 15 is 0 Å². The third kappa shape index (κ3) is 5.96. The van der Waals surface area contributed by atoms with E-state index in [2.05, 4.69) is 15.9 Å². The summed E-state index contributed by atoms with van der Waals surface area (Å²) in [5.74, 6) is -0.225. The molecule has 0 fully saturated rings. The van der Waals surface area contributed by atoms with E-state index in [1.54, 1.807) is 14.0 Å². The van der Waals surface area contributed by atoms with Gasteiger partial charge in [0.1, 0.15) is 0 Å². The van der Waals surface area contributed by atoms with Crippen LogP contribution in [-0.2, 0) is 14.3 Å². The van der Waals surface area contributed by atoms with Crippen LogP contribution in [0.2, 0.25) is 0 Å². The molecule has 14 heavy (non-hydrogen) atoms. The second-order valence-electron chi connectivity index (χ2n) is 2.81. The molecule has 0 aromatic heterocycles. The second-order valence-corrected chi connectivity index (χ2v) is 3.60. The molecule has 0 saturated carbocycles. The van der Waals surface area contributed by atoms with E-state index in [0.29, 0.717) is 24.9 Å². The van der Waals surface area contributed by atoms with Gasteiger partial charge < -0.3 is 9.64 Å². The minimum Gasteiger partial charge on any atom is -0.466 e. The molecule has 5 heteroatoms. The van der Waals surface area contributed by atoms with Crippen LogP contribution >= 0.6 is 15.9 Å². The smallest absolute Gasteiger partial charge is 0.307 e. The van der Waals surface area contributed by atoms with Crippen LogP contribution in [0.3, 0.4) is 0 Å². The first-order valence-corrected chi connectivity index (χ1v) is 5.69. The van der Waals surface area contributed by atoms with E-state index in [1.807, 2.05) is 0 Å². The lowest BCUT2D eigenvalue weighted by Crippen LogP contribution is -2.29. The molecule has 0 aliphatic heterocycles. The number of halogens is 1. The second kappa shape index (κ2) is 7.79. The molecule has 0 aromatic rings. The van der Waals surface area contributed by atoms with E-state index in [1.165, 1.54) is 4.90 Å². The Hall–Kier alpha value is -0.580. The summed E-state index contributed by atoms with van der Waals surface area (Å²) in [6.07, 6.45) is 0.720. The topological polar surface area (TPSA) is 46.6 Å². The van der Waals surface area contributed by atoms with Crippen LogP contribution in [0.4, 0.5) is 0 Å². The van der Waals surface area contributed by atoms with Crippen molar-refractivity contribution in [3.63, 3.8) is 0 Å². The first-order valence-electron chi connectivity index (χ1n) is 4.57. The van der Waals surface area contributed by atoms with Gasteiger partial charge in [-0.15, -0.1) is 0 Å². The molecule has 0 aromatic carbocycles. The molecule has 82 valence electrons. The summed E-state index contributed by atoms with van der Waals surface area (Å²) in [4.78, 5) is 23.8. The quantitative estimate of drug-likeness (QED) is 0.535. The van der Waals surface area contributed by atoms with E-state index in [4.69, 9.17) is 4.74 Å². The summed E-state index contributed by atoms with van der Waals surface area (Å²) in [5.41, 5.74) is 0. The summed E-state index contributed by atoms with van der Waals surface area (Å²) in [5, 5.41) is 0.648. The predicted octanol–water partition coefficient (Wildman–Crippen LogP) is 1.18. The molecule has 0 bridgehead atoms. The van der Waals surface area contributed by atoms with Crippen LogP contribution in [0.15, 0.2) is 0 Å². The third-order valence-electron chi connectivity index (χ3n) is 1.69. The maximum Gasteiger partial charge on any atom is 0.307 e. The Morgan fingerprint density at radius 3 is 2.50 bits per heavy atom. The van der Waals surface area contributed by atoms with E-state index < -0.39 is 0 Å². The first kappa shape index (κ1) is 13.4. The molecular weight excluding hydrogens is 250 g/mol. The standard InChI is InChI=1S/C9H16BrNO3/c1-3-14-9(13)5-7-11(2)8(12)4-6-10/h3-7H2,1-2H3. The van der Waals surface area contributed by atoms with Crippen LogP contribution in [0.1, 0.15) is 19.8 Å². The number of hydrogen-bond acceptors (Lipinski definition) is 3. The maximum atomic E-state index is 11.3. The molecule has 0 rings (SSSR count). The SMILES string of the molecule is CCOC(=O)CCN(C)C(=O)CCBr. The van der Waals surface area contributed by atoms with Gasteiger partial charge >= 0.3 is 5.97 Å². The predicted molar refractivity (Wildman–Crippen MR) is 57.3 cm³/mol. The van der Waals surface area contributed by atoms with Gasteiger partial charge in [-0.1, -0.05) is 15.9 Å². The minimum absolute atomic E-state index is 0.0335. The highest BCUT2D eigenvalue weighted by molar-refractivity contribution is 9.09. The lowest BCUT2D eigenvalue weighted by Gasteiger charge is -2.15. The summed E-state index contributed by atoms with van der Waals surface area (Å²) >= 11 is 3.18. The molecule has 4 nitrogen and oxygen atoms in total. The molecule has 0 N–H and O–H groups in total.